The van der Waals surface area contributed by atoms with Crippen LogP contribution in [-0.4, -0.2) is 29.1 Å². The first-order chi connectivity index (χ1) is 9.15. The van der Waals surface area contributed by atoms with Crippen LogP contribution in [0.2, 0.25) is 5.02 Å². The molecular weight excluding hydrogens is 317 g/mol. The maximum Gasteiger partial charge on any atom is 0.307 e. The summed E-state index contributed by atoms with van der Waals surface area (Å²) in [5.41, 5.74) is 0. The first-order valence-electron chi connectivity index (χ1n) is 6.26. The molecule has 1 aromatic carbocycles. The summed E-state index contributed by atoms with van der Waals surface area (Å²) in [6, 6.07) is 8.09. The van der Waals surface area contributed by atoms with Gasteiger partial charge >= 0.3 is 5.97 Å². The van der Waals surface area contributed by atoms with E-state index in [0.29, 0.717) is 6.54 Å². The van der Waals surface area contributed by atoms with Gasteiger partial charge < -0.3 is 5.11 Å². The first kappa shape index (κ1) is 15.6. The van der Waals surface area contributed by atoms with E-state index in [0.717, 1.165) is 34.8 Å². The molecule has 20 heavy (non-hydrogen) atoms. The van der Waals surface area contributed by atoms with E-state index in [2.05, 4.69) is 11.0 Å². The molecule has 1 atom stereocenters. The van der Waals surface area contributed by atoms with Gasteiger partial charge in [-0.25, -0.2) is 0 Å². The van der Waals surface area contributed by atoms with Crippen LogP contribution in [0, 0.1) is 5.92 Å². The van der Waals surface area contributed by atoms with Gasteiger partial charge in [-0.2, -0.15) is 0 Å². The molecule has 0 bridgehead atoms. The lowest BCUT2D eigenvalue weighted by atomic mass is 10.1. The highest BCUT2D eigenvalue weighted by Crippen LogP contribution is 2.36. The Kier molecular flexibility index (Phi) is 4.91. The average molecular weight is 332 g/mol. The Morgan fingerprint density at radius 2 is 2.20 bits per heavy atom. The van der Waals surface area contributed by atoms with Crippen molar-refractivity contribution in [3.05, 3.63) is 34.2 Å². The van der Waals surface area contributed by atoms with Crippen LogP contribution < -0.4 is 0 Å². The molecule has 1 unspecified atom stereocenters. The smallest absolute Gasteiger partial charge is 0.307 e. The third-order valence-corrected chi connectivity index (χ3v) is 5.29. The SMILES string of the molecule is Cl.O=C(O)C1CCN(Cc2sc3ccccc3c2Cl)C1. The van der Waals surface area contributed by atoms with E-state index in [1.54, 1.807) is 11.3 Å². The normalized spacial score (nSPS) is 19.1. The fourth-order valence-corrected chi connectivity index (χ4v) is 4.08. The second-order valence-corrected chi connectivity index (χ2v) is 6.41. The maximum absolute atomic E-state index is 11.0. The first-order valence-corrected chi connectivity index (χ1v) is 7.45. The molecule has 3 nitrogen and oxygen atoms in total. The van der Waals surface area contributed by atoms with Gasteiger partial charge in [0.2, 0.25) is 0 Å². The highest BCUT2D eigenvalue weighted by atomic mass is 35.5. The fraction of sp³-hybridized carbons (Fsp3) is 0.357. The van der Waals surface area contributed by atoms with Crippen molar-refractivity contribution in [2.24, 2.45) is 5.92 Å². The Hall–Kier alpha value is -0.810. The molecule has 0 spiro atoms. The summed E-state index contributed by atoms with van der Waals surface area (Å²) < 4.78 is 1.19. The lowest BCUT2D eigenvalue weighted by Crippen LogP contribution is -2.22. The van der Waals surface area contributed by atoms with Gasteiger partial charge in [0.15, 0.2) is 0 Å². The Morgan fingerprint density at radius 3 is 2.85 bits per heavy atom. The quantitative estimate of drug-likeness (QED) is 0.927. The van der Waals surface area contributed by atoms with Gasteiger partial charge in [0, 0.05) is 28.1 Å². The van der Waals surface area contributed by atoms with E-state index in [-0.39, 0.29) is 18.3 Å². The third kappa shape index (κ3) is 2.93. The summed E-state index contributed by atoms with van der Waals surface area (Å²) in [7, 11) is 0. The van der Waals surface area contributed by atoms with Crippen molar-refractivity contribution in [1.29, 1.82) is 0 Å². The Morgan fingerprint density at radius 1 is 1.45 bits per heavy atom. The van der Waals surface area contributed by atoms with Crippen molar-refractivity contribution < 1.29 is 9.90 Å². The van der Waals surface area contributed by atoms with Gasteiger partial charge in [0.1, 0.15) is 0 Å². The topological polar surface area (TPSA) is 40.5 Å². The standard InChI is InChI=1S/C14H14ClNO2S.ClH/c15-13-10-3-1-2-4-11(10)19-12(13)8-16-6-5-9(7-16)14(17)18;/h1-4,9H,5-8H2,(H,17,18);1H. The van der Waals surface area contributed by atoms with E-state index in [1.807, 2.05) is 18.2 Å². The summed E-state index contributed by atoms with van der Waals surface area (Å²) in [4.78, 5) is 14.3. The number of carbonyl (C=O) groups is 1. The highest BCUT2D eigenvalue weighted by Gasteiger charge is 2.28. The number of hydrogen-bond acceptors (Lipinski definition) is 3. The lowest BCUT2D eigenvalue weighted by molar-refractivity contribution is -0.141. The summed E-state index contributed by atoms with van der Waals surface area (Å²) in [6.07, 6.45) is 0.734. The van der Waals surface area contributed by atoms with E-state index in [1.165, 1.54) is 4.70 Å². The number of carboxylic acids is 1. The molecule has 3 rings (SSSR count). The summed E-state index contributed by atoms with van der Waals surface area (Å²) in [6.45, 7) is 2.21. The number of thiophene rings is 1. The predicted octanol–water partition coefficient (Wildman–Crippen LogP) is 3.88. The van der Waals surface area contributed by atoms with Crippen LogP contribution >= 0.6 is 35.3 Å². The van der Waals surface area contributed by atoms with E-state index in [4.69, 9.17) is 16.7 Å². The molecule has 108 valence electrons. The van der Waals surface area contributed by atoms with Gasteiger partial charge in [-0.1, -0.05) is 29.8 Å². The number of fused-ring (bicyclic) bond motifs is 1. The number of carboxylic acid groups (broad SMARTS) is 1. The zero-order valence-corrected chi connectivity index (χ0v) is 13.1. The molecule has 2 heterocycles. The number of nitrogens with zero attached hydrogens (tertiary/aromatic N) is 1. The second kappa shape index (κ2) is 6.31. The van der Waals surface area contributed by atoms with E-state index < -0.39 is 5.97 Å². The fourth-order valence-electron chi connectivity index (χ4n) is 2.55. The van der Waals surface area contributed by atoms with Crippen LogP contribution in [-0.2, 0) is 11.3 Å². The number of hydrogen-bond donors (Lipinski definition) is 1. The second-order valence-electron chi connectivity index (χ2n) is 4.89. The number of halogens is 2. The number of benzene rings is 1. The number of likely N-dealkylation sites (tertiary alicyclic amines) is 1. The van der Waals surface area contributed by atoms with Crippen LogP contribution in [0.25, 0.3) is 10.1 Å². The zero-order valence-electron chi connectivity index (χ0n) is 10.7. The van der Waals surface area contributed by atoms with Crippen molar-refractivity contribution in [2.45, 2.75) is 13.0 Å². The van der Waals surface area contributed by atoms with Crippen LogP contribution in [0.1, 0.15) is 11.3 Å². The molecule has 0 aliphatic carbocycles. The minimum Gasteiger partial charge on any atom is -0.481 e. The van der Waals surface area contributed by atoms with Crippen molar-refractivity contribution in [1.82, 2.24) is 4.90 Å². The van der Waals surface area contributed by atoms with E-state index >= 15 is 0 Å². The van der Waals surface area contributed by atoms with Crippen molar-refractivity contribution in [3.8, 4) is 0 Å². The molecule has 1 aliphatic rings. The third-order valence-electron chi connectivity index (χ3n) is 3.59. The largest absolute Gasteiger partial charge is 0.481 e. The molecule has 1 N–H and O–H groups in total. The van der Waals surface area contributed by atoms with Crippen LogP contribution in [0.4, 0.5) is 0 Å². The average Bonchev–Trinajstić information content (AvgIpc) is 2.97. The molecule has 1 saturated heterocycles. The van der Waals surface area contributed by atoms with Crippen molar-refractivity contribution in [2.75, 3.05) is 13.1 Å². The zero-order chi connectivity index (χ0) is 13.4. The van der Waals surface area contributed by atoms with Gasteiger partial charge in [-0.3, -0.25) is 9.69 Å². The predicted molar refractivity (Wildman–Crippen MR) is 85.1 cm³/mol. The van der Waals surface area contributed by atoms with Crippen LogP contribution in [0.5, 0.6) is 0 Å². The van der Waals surface area contributed by atoms with Crippen molar-refractivity contribution in [3.63, 3.8) is 0 Å². The summed E-state index contributed by atoms with van der Waals surface area (Å²) >= 11 is 8.10. The maximum atomic E-state index is 11.0. The molecule has 6 heteroatoms. The molecular formula is C14H15Cl2NO2S. The minimum absolute atomic E-state index is 0. The molecule has 0 amide bonds. The molecule has 1 aliphatic heterocycles. The van der Waals surface area contributed by atoms with Crippen LogP contribution in [0.15, 0.2) is 24.3 Å². The molecule has 0 saturated carbocycles. The summed E-state index contributed by atoms with van der Waals surface area (Å²) in [5, 5.41) is 10.9. The molecule has 1 aromatic heterocycles. The van der Waals surface area contributed by atoms with Crippen molar-refractivity contribution >= 4 is 51.4 Å². The molecule has 1 fully saturated rings. The Labute approximate surface area is 132 Å². The molecule has 0 radical (unpaired) electrons. The van der Waals surface area contributed by atoms with Gasteiger partial charge in [0.25, 0.3) is 0 Å². The van der Waals surface area contributed by atoms with Gasteiger partial charge in [-0.05, 0) is 19.0 Å². The lowest BCUT2D eigenvalue weighted by Gasteiger charge is -2.13. The Bertz CT molecular complexity index is 629. The monoisotopic (exact) mass is 331 g/mol. The summed E-state index contributed by atoms with van der Waals surface area (Å²) in [5.74, 6) is -0.918. The van der Waals surface area contributed by atoms with Crippen LogP contribution in [0.3, 0.4) is 0 Å². The number of aliphatic carboxylic acids is 1. The van der Waals surface area contributed by atoms with Gasteiger partial charge in [0.05, 0.1) is 10.9 Å². The molecule has 2 aromatic rings. The minimum atomic E-state index is -0.690. The van der Waals surface area contributed by atoms with E-state index in [9.17, 15) is 4.79 Å². The van der Waals surface area contributed by atoms with Gasteiger partial charge in [-0.15, -0.1) is 23.7 Å². The number of rotatable bonds is 3. The highest BCUT2D eigenvalue weighted by molar-refractivity contribution is 7.19. The Balaban J connectivity index is 0.00000147.